The van der Waals surface area contributed by atoms with E-state index in [1.807, 2.05) is 20.8 Å². The number of hydrogen-bond donors (Lipinski definition) is 2. The van der Waals surface area contributed by atoms with E-state index in [4.69, 9.17) is 5.11 Å². The number of amides is 1. The van der Waals surface area contributed by atoms with Crippen molar-refractivity contribution >= 4 is 11.9 Å². The molecule has 0 spiro atoms. The van der Waals surface area contributed by atoms with Crippen LogP contribution in [-0.2, 0) is 9.59 Å². The van der Waals surface area contributed by atoms with Gasteiger partial charge in [0, 0.05) is 6.04 Å². The molecule has 0 bridgehead atoms. The summed E-state index contributed by atoms with van der Waals surface area (Å²) in [7, 11) is 0. The van der Waals surface area contributed by atoms with Crippen molar-refractivity contribution in [2.45, 2.75) is 46.2 Å². The number of nitrogens with one attached hydrogen (secondary N) is 1. The second-order valence-electron chi connectivity index (χ2n) is 4.60. The minimum absolute atomic E-state index is 0.0687. The van der Waals surface area contributed by atoms with Gasteiger partial charge in [0.05, 0.1) is 6.54 Å². The van der Waals surface area contributed by atoms with Gasteiger partial charge in [-0.1, -0.05) is 6.92 Å². The molecule has 0 aliphatic carbocycles. The topological polar surface area (TPSA) is 69.6 Å². The smallest absolute Gasteiger partial charge is 0.323 e. The molecule has 0 radical (unpaired) electrons. The third-order valence-corrected chi connectivity index (χ3v) is 2.48. The van der Waals surface area contributed by atoms with E-state index in [0.717, 1.165) is 0 Å². The summed E-state index contributed by atoms with van der Waals surface area (Å²) in [6.45, 7) is 9.40. The highest BCUT2D eigenvalue weighted by Gasteiger charge is 2.34. The standard InChI is InChI=1S/C11H22N2O3/c1-6-13(11(4,5)10(15)16)7-9(14)12-8(2)3/h8H,6-7H2,1-5H3,(H,12,14)(H,15,16). The molecule has 0 heterocycles. The molecule has 5 heteroatoms. The van der Waals surface area contributed by atoms with Gasteiger partial charge in [0.2, 0.25) is 5.91 Å². The molecule has 0 saturated carbocycles. The van der Waals surface area contributed by atoms with Gasteiger partial charge in [0.15, 0.2) is 0 Å². The fourth-order valence-corrected chi connectivity index (χ4v) is 1.38. The van der Waals surface area contributed by atoms with E-state index in [1.54, 1.807) is 18.7 Å². The van der Waals surface area contributed by atoms with Crippen LogP contribution in [0.2, 0.25) is 0 Å². The first-order valence-electron chi connectivity index (χ1n) is 5.49. The van der Waals surface area contributed by atoms with E-state index in [1.165, 1.54) is 0 Å². The van der Waals surface area contributed by atoms with Gasteiger partial charge in [0.25, 0.3) is 0 Å². The molecule has 5 nitrogen and oxygen atoms in total. The maximum absolute atomic E-state index is 11.5. The Bertz CT molecular complexity index is 262. The Labute approximate surface area is 96.8 Å². The molecule has 0 atom stereocenters. The molecule has 16 heavy (non-hydrogen) atoms. The van der Waals surface area contributed by atoms with E-state index in [-0.39, 0.29) is 18.5 Å². The second-order valence-corrected chi connectivity index (χ2v) is 4.60. The third kappa shape index (κ3) is 4.18. The van der Waals surface area contributed by atoms with Crippen LogP contribution in [0.5, 0.6) is 0 Å². The van der Waals surface area contributed by atoms with Crippen molar-refractivity contribution in [3.63, 3.8) is 0 Å². The van der Waals surface area contributed by atoms with Crippen molar-refractivity contribution < 1.29 is 14.7 Å². The summed E-state index contributed by atoms with van der Waals surface area (Å²) < 4.78 is 0. The summed E-state index contributed by atoms with van der Waals surface area (Å²) in [6.07, 6.45) is 0. The van der Waals surface area contributed by atoms with Gasteiger partial charge in [0.1, 0.15) is 5.54 Å². The van der Waals surface area contributed by atoms with E-state index in [9.17, 15) is 9.59 Å². The highest BCUT2D eigenvalue weighted by Crippen LogP contribution is 2.13. The van der Waals surface area contributed by atoms with E-state index < -0.39 is 11.5 Å². The molecule has 0 aromatic heterocycles. The maximum Gasteiger partial charge on any atom is 0.323 e. The van der Waals surface area contributed by atoms with E-state index in [0.29, 0.717) is 6.54 Å². The summed E-state index contributed by atoms with van der Waals surface area (Å²) in [5.74, 6) is -1.07. The minimum atomic E-state index is -1.02. The van der Waals surface area contributed by atoms with Crippen LogP contribution in [0.25, 0.3) is 0 Å². The van der Waals surface area contributed by atoms with Crippen molar-refractivity contribution in [1.29, 1.82) is 0 Å². The number of carboxylic acid groups (broad SMARTS) is 1. The number of rotatable bonds is 6. The Morgan fingerprint density at radius 2 is 1.88 bits per heavy atom. The van der Waals surface area contributed by atoms with Gasteiger partial charge in [-0.3, -0.25) is 14.5 Å². The molecule has 0 aliphatic rings. The lowest BCUT2D eigenvalue weighted by molar-refractivity contribution is -0.150. The molecule has 2 N–H and O–H groups in total. The van der Waals surface area contributed by atoms with Crippen LogP contribution < -0.4 is 5.32 Å². The number of likely N-dealkylation sites (N-methyl/N-ethyl adjacent to an activating group) is 1. The normalized spacial score (nSPS) is 11.9. The van der Waals surface area contributed by atoms with Crippen LogP contribution >= 0.6 is 0 Å². The monoisotopic (exact) mass is 230 g/mol. The van der Waals surface area contributed by atoms with Crippen LogP contribution in [0.15, 0.2) is 0 Å². The van der Waals surface area contributed by atoms with Crippen molar-refractivity contribution in [3.05, 3.63) is 0 Å². The summed E-state index contributed by atoms with van der Waals surface area (Å²) in [5, 5.41) is 11.8. The average Bonchev–Trinajstić information content (AvgIpc) is 2.12. The van der Waals surface area contributed by atoms with Crippen LogP contribution in [0.3, 0.4) is 0 Å². The zero-order chi connectivity index (χ0) is 12.9. The molecule has 1 amide bonds. The lowest BCUT2D eigenvalue weighted by Gasteiger charge is -2.33. The predicted octanol–water partition coefficient (Wildman–Crippen LogP) is 0.696. The SMILES string of the molecule is CCN(CC(=O)NC(C)C)C(C)(C)C(=O)O. The molecule has 0 unspecified atom stereocenters. The third-order valence-electron chi connectivity index (χ3n) is 2.48. The zero-order valence-electron chi connectivity index (χ0n) is 10.7. The first kappa shape index (κ1) is 14.9. The van der Waals surface area contributed by atoms with Gasteiger partial charge in [-0.05, 0) is 34.2 Å². The number of carbonyl (C=O) groups is 2. The first-order valence-corrected chi connectivity index (χ1v) is 5.49. The lowest BCUT2D eigenvalue weighted by atomic mass is 10.0. The number of hydrogen-bond acceptors (Lipinski definition) is 3. The Balaban J connectivity index is 4.52. The molecular formula is C11H22N2O3. The largest absolute Gasteiger partial charge is 0.480 e. The average molecular weight is 230 g/mol. The quantitative estimate of drug-likeness (QED) is 0.704. The minimum Gasteiger partial charge on any atom is -0.480 e. The first-order chi connectivity index (χ1) is 7.21. The molecular weight excluding hydrogens is 208 g/mol. The van der Waals surface area contributed by atoms with Crippen molar-refractivity contribution in [1.82, 2.24) is 10.2 Å². The van der Waals surface area contributed by atoms with Crippen LogP contribution in [0.4, 0.5) is 0 Å². The molecule has 94 valence electrons. The fraction of sp³-hybridized carbons (Fsp3) is 0.818. The van der Waals surface area contributed by atoms with Crippen LogP contribution in [0.1, 0.15) is 34.6 Å². The summed E-state index contributed by atoms with van der Waals surface area (Å²) >= 11 is 0. The summed E-state index contributed by atoms with van der Waals surface area (Å²) in [4.78, 5) is 24.2. The van der Waals surface area contributed by atoms with Gasteiger partial charge < -0.3 is 10.4 Å². The Morgan fingerprint density at radius 1 is 1.38 bits per heavy atom. The molecule has 0 aromatic rings. The molecule has 0 rings (SSSR count). The number of carboxylic acids is 1. The number of nitrogens with zero attached hydrogens (tertiary/aromatic N) is 1. The van der Waals surface area contributed by atoms with Crippen molar-refractivity contribution in [2.75, 3.05) is 13.1 Å². The second kappa shape index (κ2) is 5.84. The van der Waals surface area contributed by atoms with E-state index in [2.05, 4.69) is 5.32 Å². The number of aliphatic carboxylic acids is 1. The predicted molar refractivity (Wildman–Crippen MR) is 62.2 cm³/mol. The van der Waals surface area contributed by atoms with E-state index >= 15 is 0 Å². The number of carbonyl (C=O) groups excluding carboxylic acids is 1. The van der Waals surface area contributed by atoms with Gasteiger partial charge in [-0.15, -0.1) is 0 Å². The fourth-order valence-electron chi connectivity index (χ4n) is 1.38. The lowest BCUT2D eigenvalue weighted by Crippen LogP contribution is -2.53. The highest BCUT2D eigenvalue weighted by molar-refractivity contribution is 5.81. The molecule has 0 saturated heterocycles. The van der Waals surface area contributed by atoms with Crippen LogP contribution in [0, 0.1) is 0 Å². The van der Waals surface area contributed by atoms with Gasteiger partial charge >= 0.3 is 5.97 Å². The van der Waals surface area contributed by atoms with Crippen molar-refractivity contribution in [3.8, 4) is 0 Å². The van der Waals surface area contributed by atoms with Crippen molar-refractivity contribution in [2.24, 2.45) is 0 Å². The van der Waals surface area contributed by atoms with Gasteiger partial charge in [-0.25, -0.2) is 0 Å². The molecule has 0 aliphatic heterocycles. The molecule has 0 fully saturated rings. The Kier molecular flexibility index (Phi) is 5.44. The summed E-state index contributed by atoms with van der Waals surface area (Å²) in [6, 6.07) is 0.0687. The Hall–Kier alpha value is -1.10. The zero-order valence-corrected chi connectivity index (χ0v) is 10.7. The Morgan fingerprint density at radius 3 is 2.19 bits per heavy atom. The highest BCUT2D eigenvalue weighted by atomic mass is 16.4. The molecule has 0 aromatic carbocycles. The summed E-state index contributed by atoms with van der Waals surface area (Å²) in [5.41, 5.74) is -1.02. The van der Waals surface area contributed by atoms with Gasteiger partial charge in [-0.2, -0.15) is 0 Å². The van der Waals surface area contributed by atoms with Crippen LogP contribution in [-0.4, -0.2) is 46.6 Å². The maximum atomic E-state index is 11.5.